The molecule has 1 saturated heterocycles. The van der Waals surface area contributed by atoms with E-state index in [-0.39, 0.29) is 29.9 Å². The van der Waals surface area contributed by atoms with Crippen molar-refractivity contribution < 1.29 is 14.3 Å². The number of carbonyl (C=O) groups is 2. The Morgan fingerprint density at radius 3 is 2.35 bits per heavy atom. The summed E-state index contributed by atoms with van der Waals surface area (Å²) in [6.45, 7) is 5.12. The molecule has 23 heavy (non-hydrogen) atoms. The second-order valence-corrected chi connectivity index (χ2v) is 6.66. The maximum atomic E-state index is 13.0. The van der Waals surface area contributed by atoms with E-state index in [9.17, 15) is 9.59 Å². The summed E-state index contributed by atoms with van der Waals surface area (Å²) in [4.78, 5) is 28.8. The predicted octanol–water partition coefficient (Wildman–Crippen LogP) is 2.31. The summed E-state index contributed by atoms with van der Waals surface area (Å²) in [7, 11) is 1.76. The molecule has 1 saturated carbocycles. The third-order valence-corrected chi connectivity index (χ3v) is 4.46. The minimum absolute atomic E-state index is 0.0284. The molecule has 0 spiro atoms. The van der Waals surface area contributed by atoms with E-state index in [2.05, 4.69) is 0 Å². The normalized spacial score (nSPS) is 24.4. The number of morpholine rings is 1. The number of para-hydroxylation sites is 1. The fraction of sp³-hybridized carbons (Fsp3) is 0.556. The van der Waals surface area contributed by atoms with Gasteiger partial charge in [0, 0.05) is 26.1 Å². The van der Waals surface area contributed by atoms with Crippen molar-refractivity contribution in [3.8, 4) is 0 Å². The Morgan fingerprint density at radius 1 is 1.13 bits per heavy atom. The molecule has 3 rings (SSSR count). The first-order chi connectivity index (χ1) is 11.0. The molecule has 0 radical (unpaired) electrons. The first-order valence-electron chi connectivity index (χ1n) is 8.28. The highest BCUT2D eigenvalue weighted by Gasteiger charge is 2.34. The third kappa shape index (κ3) is 3.39. The van der Waals surface area contributed by atoms with Crippen LogP contribution in [0, 0.1) is 5.92 Å². The smallest absolute Gasteiger partial charge is 0.256 e. The van der Waals surface area contributed by atoms with Gasteiger partial charge in [0.1, 0.15) is 0 Å². The molecule has 1 aromatic rings. The van der Waals surface area contributed by atoms with E-state index in [1.807, 2.05) is 36.9 Å². The van der Waals surface area contributed by atoms with Gasteiger partial charge in [-0.3, -0.25) is 9.59 Å². The van der Waals surface area contributed by atoms with Crippen LogP contribution in [0.15, 0.2) is 24.3 Å². The number of anilines is 1. The number of nitrogens with zero attached hydrogens (tertiary/aromatic N) is 2. The van der Waals surface area contributed by atoms with Crippen molar-refractivity contribution in [1.82, 2.24) is 4.90 Å². The summed E-state index contributed by atoms with van der Waals surface area (Å²) in [6, 6.07) is 7.37. The first kappa shape index (κ1) is 16.0. The Labute approximate surface area is 137 Å². The fourth-order valence-corrected chi connectivity index (χ4v) is 3.18. The van der Waals surface area contributed by atoms with E-state index in [0.29, 0.717) is 24.3 Å². The molecule has 2 fully saturated rings. The van der Waals surface area contributed by atoms with Gasteiger partial charge < -0.3 is 14.5 Å². The lowest BCUT2D eigenvalue weighted by Gasteiger charge is -2.36. The van der Waals surface area contributed by atoms with Crippen molar-refractivity contribution in [3.63, 3.8) is 0 Å². The molecule has 2 atom stereocenters. The highest BCUT2D eigenvalue weighted by molar-refractivity contribution is 6.05. The molecule has 2 aliphatic rings. The van der Waals surface area contributed by atoms with E-state index in [0.717, 1.165) is 12.8 Å². The van der Waals surface area contributed by atoms with Crippen molar-refractivity contribution in [2.75, 3.05) is 25.0 Å². The van der Waals surface area contributed by atoms with Gasteiger partial charge in [0.25, 0.3) is 5.91 Å². The van der Waals surface area contributed by atoms with Crippen molar-refractivity contribution in [1.29, 1.82) is 0 Å². The maximum Gasteiger partial charge on any atom is 0.256 e. The molecule has 0 bridgehead atoms. The Balaban J connectivity index is 1.84. The average Bonchev–Trinajstić information content (AvgIpc) is 3.36. The van der Waals surface area contributed by atoms with Crippen LogP contribution in [0.25, 0.3) is 0 Å². The Kier molecular flexibility index (Phi) is 4.39. The molecular weight excluding hydrogens is 292 g/mol. The lowest BCUT2D eigenvalue weighted by molar-refractivity contribution is -0.119. The molecule has 5 heteroatoms. The fourth-order valence-electron chi connectivity index (χ4n) is 3.18. The molecule has 1 heterocycles. The Hall–Kier alpha value is -1.88. The van der Waals surface area contributed by atoms with Crippen LogP contribution in [0.1, 0.15) is 37.0 Å². The van der Waals surface area contributed by atoms with E-state index >= 15 is 0 Å². The second kappa shape index (κ2) is 6.32. The lowest BCUT2D eigenvalue weighted by atomic mass is 10.1. The summed E-state index contributed by atoms with van der Waals surface area (Å²) in [5.41, 5.74) is 1.28. The number of carbonyl (C=O) groups excluding carboxylic acids is 2. The Bertz CT molecular complexity index is 602. The van der Waals surface area contributed by atoms with Crippen molar-refractivity contribution in [3.05, 3.63) is 29.8 Å². The van der Waals surface area contributed by atoms with Crippen LogP contribution >= 0.6 is 0 Å². The monoisotopic (exact) mass is 316 g/mol. The highest BCUT2D eigenvalue weighted by Crippen LogP contribution is 2.33. The van der Waals surface area contributed by atoms with Crippen molar-refractivity contribution in [2.45, 2.75) is 38.9 Å². The molecule has 124 valence electrons. The molecular formula is C18H24N2O3. The molecule has 2 amide bonds. The molecule has 0 N–H and O–H groups in total. The van der Waals surface area contributed by atoms with Crippen LogP contribution in [-0.4, -0.2) is 49.1 Å². The third-order valence-electron chi connectivity index (χ3n) is 4.46. The van der Waals surface area contributed by atoms with Crippen LogP contribution in [0.2, 0.25) is 0 Å². The van der Waals surface area contributed by atoms with Crippen LogP contribution in [0.5, 0.6) is 0 Å². The van der Waals surface area contributed by atoms with E-state index in [1.165, 1.54) is 0 Å². The van der Waals surface area contributed by atoms with Crippen LogP contribution in [-0.2, 0) is 9.53 Å². The number of amides is 2. The molecule has 1 aliphatic heterocycles. The second-order valence-electron chi connectivity index (χ2n) is 6.66. The Morgan fingerprint density at radius 2 is 1.74 bits per heavy atom. The quantitative estimate of drug-likeness (QED) is 0.860. The largest absolute Gasteiger partial charge is 0.372 e. The van der Waals surface area contributed by atoms with Gasteiger partial charge in [-0.15, -0.1) is 0 Å². The van der Waals surface area contributed by atoms with Gasteiger partial charge in [0.05, 0.1) is 23.5 Å². The highest BCUT2D eigenvalue weighted by atomic mass is 16.5. The van der Waals surface area contributed by atoms with Crippen molar-refractivity contribution in [2.24, 2.45) is 5.92 Å². The van der Waals surface area contributed by atoms with Gasteiger partial charge in [-0.05, 0) is 38.8 Å². The van der Waals surface area contributed by atoms with Gasteiger partial charge in [0.15, 0.2) is 0 Å². The summed E-state index contributed by atoms with van der Waals surface area (Å²) in [6.07, 6.45) is 1.97. The topological polar surface area (TPSA) is 49.9 Å². The van der Waals surface area contributed by atoms with Gasteiger partial charge >= 0.3 is 0 Å². The molecule has 1 aliphatic carbocycles. The minimum atomic E-state index is -0.0296. The summed E-state index contributed by atoms with van der Waals surface area (Å²) in [5.74, 6) is 0.207. The average molecular weight is 316 g/mol. The van der Waals surface area contributed by atoms with Gasteiger partial charge in [-0.25, -0.2) is 0 Å². The SMILES string of the molecule is C[C@@H]1CN(C(=O)c2ccccc2N(C)C(=O)C2CC2)C[C@H](C)O1. The predicted molar refractivity (Wildman–Crippen MR) is 88.5 cm³/mol. The van der Waals surface area contributed by atoms with Crippen LogP contribution < -0.4 is 4.90 Å². The van der Waals surface area contributed by atoms with E-state index < -0.39 is 0 Å². The zero-order chi connectivity index (χ0) is 16.6. The minimum Gasteiger partial charge on any atom is -0.372 e. The van der Waals surface area contributed by atoms with Gasteiger partial charge in [-0.2, -0.15) is 0 Å². The standard InChI is InChI=1S/C18H24N2O3/c1-12-10-20(11-13(2)23-12)18(22)15-6-4-5-7-16(15)19(3)17(21)14-8-9-14/h4-7,12-14H,8-11H2,1-3H3/t12-,13+. The summed E-state index contributed by atoms with van der Waals surface area (Å²) >= 11 is 0. The van der Waals surface area contributed by atoms with E-state index in [4.69, 9.17) is 4.74 Å². The van der Waals surface area contributed by atoms with Crippen molar-refractivity contribution >= 4 is 17.5 Å². The number of hydrogen-bond donors (Lipinski definition) is 0. The van der Waals surface area contributed by atoms with Gasteiger partial charge in [-0.1, -0.05) is 12.1 Å². The lowest BCUT2D eigenvalue weighted by Crippen LogP contribution is -2.48. The molecule has 5 nitrogen and oxygen atoms in total. The van der Waals surface area contributed by atoms with Gasteiger partial charge in [0.2, 0.25) is 5.91 Å². The number of ether oxygens (including phenoxy) is 1. The maximum absolute atomic E-state index is 13.0. The van der Waals surface area contributed by atoms with Crippen LogP contribution in [0.4, 0.5) is 5.69 Å². The zero-order valence-corrected chi connectivity index (χ0v) is 14.0. The molecule has 0 unspecified atom stereocenters. The zero-order valence-electron chi connectivity index (χ0n) is 14.0. The first-order valence-corrected chi connectivity index (χ1v) is 8.28. The summed E-state index contributed by atoms with van der Waals surface area (Å²) < 4.78 is 5.70. The summed E-state index contributed by atoms with van der Waals surface area (Å²) in [5, 5.41) is 0. The number of rotatable bonds is 3. The molecule has 0 aromatic heterocycles. The molecule has 1 aromatic carbocycles. The van der Waals surface area contributed by atoms with Crippen LogP contribution in [0.3, 0.4) is 0 Å². The number of hydrogen-bond acceptors (Lipinski definition) is 3. The van der Waals surface area contributed by atoms with E-state index in [1.54, 1.807) is 18.0 Å². The number of benzene rings is 1.